The summed E-state index contributed by atoms with van der Waals surface area (Å²) in [4.78, 5) is 22.9. The number of carbonyl (C=O) groups excluding carboxylic acids is 1. The molecular weight excluding hydrogens is 272 g/mol. The Balaban J connectivity index is 2.68. The predicted molar refractivity (Wildman–Crippen MR) is 76.3 cm³/mol. The number of hydrogen-bond donors (Lipinski definition) is 1. The molecule has 0 radical (unpaired) electrons. The SMILES string of the molecule is CCOC(=O)c1c(C)cc2c(CC(=O)O)nncc2c1C. The van der Waals surface area contributed by atoms with E-state index < -0.39 is 5.97 Å². The summed E-state index contributed by atoms with van der Waals surface area (Å²) in [5.74, 6) is -1.35. The van der Waals surface area contributed by atoms with Gasteiger partial charge in [0.15, 0.2) is 0 Å². The van der Waals surface area contributed by atoms with Crippen LogP contribution in [-0.2, 0) is 16.0 Å². The van der Waals surface area contributed by atoms with E-state index in [1.807, 2.05) is 0 Å². The topological polar surface area (TPSA) is 89.4 Å². The van der Waals surface area contributed by atoms with Gasteiger partial charge in [-0.1, -0.05) is 0 Å². The zero-order valence-corrected chi connectivity index (χ0v) is 12.1. The number of carboxylic acid groups (broad SMARTS) is 1. The Morgan fingerprint density at radius 3 is 2.62 bits per heavy atom. The highest BCUT2D eigenvalue weighted by molar-refractivity contribution is 6.01. The molecule has 2 aromatic rings. The van der Waals surface area contributed by atoms with Crippen molar-refractivity contribution in [2.75, 3.05) is 6.61 Å². The van der Waals surface area contributed by atoms with E-state index >= 15 is 0 Å². The van der Waals surface area contributed by atoms with Gasteiger partial charge in [-0.25, -0.2) is 4.79 Å². The van der Waals surface area contributed by atoms with Crippen molar-refractivity contribution in [1.82, 2.24) is 10.2 Å². The van der Waals surface area contributed by atoms with Crippen LogP contribution in [0.3, 0.4) is 0 Å². The number of nitrogens with zero attached hydrogens (tertiary/aromatic N) is 2. The van der Waals surface area contributed by atoms with Crippen molar-refractivity contribution < 1.29 is 19.4 Å². The molecule has 2 rings (SSSR count). The standard InChI is InChI=1S/C15H16N2O4/c1-4-21-15(20)14-8(2)5-10-11(9(14)3)7-16-17-12(10)6-13(18)19/h5,7H,4,6H2,1-3H3,(H,18,19). The molecule has 0 saturated carbocycles. The molecule has 0 spiro atoms. The number of hydrogen-bond acceptors (Lipinski definition) is 5. The molecular formula is C15H16N2O4. The van der Waals surface area contributed by atoms with Crippen LogP contribution in [0, 0.1) is 13.8 Å². The van der Waals surface area contributed by atoms with Gasteiger partial charge >= 0.3 is 11.9 Å². The molecule has 1 heterocycles. The Morgan fingerprint density at radius 1 is 1.29 bits per heavy atom. The third-order valence-corrected chi connectivity index (χ3v) is 3.30. The normalized spacial score (nSPS) is 10.6. The van der Waals surface area contributed by atoms with Crippen LogP contribution in [0.4, 0.5) is 0 Å². The fourth-order valence-electron chi connectivity index (χ4n) is 2.41. The molecule has 6 nitrogen and oxygen atoms in total. The van der Waals surface area contributed by atoms with E-state index in [4.69, 9.17) is 9.84 Å². The van der Waals surface area contributed by atoms with Gasteiger partial charge in [-0.3, -0.25) is 4.79 Å². The molecule has 21 heavy (non-hydrogen) atoms. The molecule has 0 aliphatic rings. The highest BCUT2D eigenvalue weighted by Gasteiger charge is 2.18. The van der Waals surface area contributed by atoms with Crippen molar-refractivity contribution in [2.24, 2.45) is 0 Å². The predicted octanol–water partition coefficient (Wildman–Crippen LogP) is 2.05. The molecule has 1 aromatic carbocycles. The average molecular weight is 288 g/mol. The van der Waals surface area contributed by atoms with Crippen LogP contribution < -0.4 is 0 Å². The minimum Gasteiger partial charge on any atom is -0.481 e. The summed E-state index contributed by atoms with van der Waals surface area (Å²) >= 11 is 0. The Hall–Kier alpha value is -2.50. The van der Waals surface area contributed by atoms with Gasteiger partial charge in [0, 0.05) is 10.8 Å². The third kappa shape index (κ3) is 2.84. The number of aryl methyl sites for hydroxylation is 2. The minimum atomic E-state index is -0.971. The number of rotatable bonds is 4. The molecule has 0 amide bonds. The quantitative estimate of drug-likeness (QED) is 0.866. The van der Waals surface area contributed by atoms with E-state index in [-0.39, 0.29) is 12.4 Å². The first-order valence-corrected chi connectivity index (χ1v) is 6.59. The van der Waals surface area contributed by atoms with Crippen LogP contribution in [0.1, 0.15) is 34.1 Å². The Labute approximate surface area is 121 Å². The van der Waals surface area contributed by atoms with Crippen molar-refractivity contribution in [3.05, 3.63) is 34.6 Å². The van der Waals surface area contributed by atoms with Crippen molar-refractivity contribution in [3.63, 3.8) is 0 Å². The van der Waals surface area contributed by atoms with E-state index in [1.54, 1.807) is 26.8 Å². The second kappa shape index (κ2) is 5.87. The lowest BCUT2D eigenvalue weighted by atomic mass is 9.95. The molecule has 0 fully saturated rings. The third-order valence-electron chi connectivity index (χ3n) is 3.30. The lowest BCUT2D eigenvalue weighted by Gasteiger charge is -2.13. The number of benzene rings is 1. The van der Waals surface area contributed by atoms with Gasteiger partial charge in [-0.05, 0) is 38.0 Å². The number of esters is 1. The summed E-state index contributed by atoms with van der Waals surface area (Å²) in [7, 11) is 0. The van der Waals surface area contributed by atoms with E-state index in [0.29, 0.717) is 23.3 Å². The zero-order chi connectivity index (χ0) is 15.6. The molecule has 1 N–H and O–H groups in total. The van der Waals surface area contributed by atoms with E-state index in [1.165, 1.54) is 6.20 Å². The van der Waals surface area contributed by atoms with Gasteiger partial charge in [0.2, 0.25) is 0 Å². The molecule has 6 heteroatoms. The maximum atomic E-state index is 12.0. The van der Waals surface area contributed by atoms with Crippen LogP contribution in [0.15, 0.2) is 12.3 Å². The van der Waals surface area contributed by atoms with Crippen LogP contribution in [0.2, 0.25) is 0 Å². The van der Waals surface area contributed by atoms with Crippen molar-refractivity contribution in [3.8, 4) is 0 Å². The second-order valence-corrected chi connectivity index (χ2v) is 4.74. The Bertz CT molecular complexity index is 725. The van der Waals surface area contributed by atoms with Crippen molar-refractivity contribution >= 4 is 22.7 Å². The summed E-state index contributed by atoms with van der Waals surface area (Å²) < 4.78 is 5.06. The van der Waals surface area contributed by atoms with Gasteiger partial charge in [-0.15, -0.1) is 0 Å². The smallest absolute Gasteiger partial charge is 0.338 e. The van der Waals surface area contributed by atoms with Gasteiger partial charge in [-0.2, -0.15) is 10.2 Å². The highest BCUT2D eigenvalue weighted by Crippen LogP contribution is 2.27. The Morgan fingerprint density at radius 2 is 2.00 bits per heavy atom. The van der Waals surface area contributed by atoms with Crippen molar-refractivity contribution in [2.45, 2.75) is 27.2 Å². The second-order valence-electron chi connectivity index (χ2n) is 4.74. The first-order valence-electron chi connectivity index (χ1n) is 6.59. The molecule has 0 aliphatic carbocycles. The van der Waals surface area contributed by atoms with Gasteiger partial charge in [0.1, 0.15) is 0 Å². The first-order chi connectivity index (χ1) is 9.95. The largest absolute Gasteiger partial charge is 0.481 e. The summed E-state index contributed by atoms with van der Waals surface area (Å²) in [6, 6.07) is 1.77. The number of carboxylic acids is 1. The Kier molecular flexibility index (Phi) is 4.16. The van der Waals surface area contributed by atoms with Gasteiger partial charge < -0.3 is 9.84 Å². The van der Waals surface area contributed by atoms with Gasteiger partial charge in [0.25, 0.3) is 0 Å². The molecule has 0 unspecified atom stereocenters. The summed E-state index contributed by atoms with van der Waals surface area (Å²) in [6.07, 6.45) is 1.33. The van der Waals surface area contributed by atoms with Gasteiger partial charge in [0.05, 0.1) is 30.5 Å². The van der Waals surface area contributed by atoms with Crippen LogP contribution in [0.25, 0.3) is 10.8 Å². The molecule has 0 atom stereocenters. The fourth-order valence-corrected chi connectivity index (χ4v) is 2.41. The maximum absolute atomic E-state index is 12.0. The molecule has 1 aromatic heterocycles. The molecule has 0 bridgehead atoms. The fraction of sp³-hybridized carbons (Fsp3) is 0.333. The number of aliphatic carboxylic acids is 1. The van der Waals surface area contributed by atoms with E-state index in [2.05, 4.69) is 10.2 Å². The number of fused-ring (bicyclic) bond motifs is 1. The molecule has 110 valence electrons. The van der Waals surface area contributed by atoms with Crippen LogP contribution >= 0.6 is 0 Å². The first kappa shape index (κ1) is 14.9. The van der Waals surface area contributed by atoms with E-state index in [0.717, 1.165) is 16.5 Å². The lowest BCUT2D eigenvalue weighted by molar-refractivity contribution is -0.136. The molecule has 0 saturated heterocycles. The number of carbonyl (C=O) groups is 2. The summed E-state index contributed by atoms with van der Waals surface area (Å²) in [6.45, 7) is 5.64. The number of aromatic nitrogens is 2. The monoisotopic (exact) mass is 288 g/mol. The summed E-state index contributed by atoms with van der Waals surface area (Å²) in [5.41, 5.74) is 2.35. The summed E-state index contributed by atoms with van der Waals surface area (Å²) in [5, 5.41) is 18.1. The maximum Gasteiger partial charge on any atom is 0.338 e. The average Bonchev–Trinajstić information content (AvgIpc) is 2.39. The minimum absolute atomic E-state index is 0.206. The van der Waals surface area contributed by atoms with Crippen LogP contribution in [0.5, 0.6) is 0 Å². The van der Waals surface area contributed by atoms with Crippen LogP contribution in [-0.4, -0.2) is 33.8 Å². The number of ether oxygens (including phenoxy) is 1. The molecule has 0 aliphatic heterocycles. The lowest BCUT2D eigenvalue weighted by Crippen LogP contribution is -2.11. The highest BCUT2D eigenvalue weighted by atomic mass is 16.5. The zero-order valence-electron chi connectivity index (χ0n) is 12.1. The van der Waals surface area contributed by atoms with Crippen molar-refractivity contribution in [1.29, 1.82) is 0 Å². The van der Waals surface area contributed by atoms with E-state index in [9.17, 15) is 9.59 Å².